The van der Waals surface area contributed by atoms with Crippen LogP contribution in [0.15, 0.2) is 41.2 Å². The third kappa shape index (κ3) is 2.37. The van der Waals surface area contributed by atoms with Crippen molar-refractivity contribution in [3.8, 4) is 0 Å². The molecule has 1 aliphatic rings. The highest BCUT2D eigenvalue weighted by molar-refractivity contribution is 5.83. The highest BCUT2D eigenvalue weighted by atomic mass is 16.3. The molecule has 5 nitrogen and oxygen atoms in total. The van der Waals surface area contributed by atoms with E-state index >= 15 is 0 Å². The molecule has 0 radical (unpaired) electrons. The Morgan fingerprint density at radius 3 is 2.50 bits per heavy atom. The van der Waals surface area contributed by atoms with Gasteiger partial charge >= 0.3 is 0 Å². The van der Waals surface area contributed by atoms with E-state index < -0.39 is 6.10 Å². The van der Waals surface area contributed by atoms with E-state index in [1.54, 1.807) is 6.92 Å². The fourth-order valence-electron chi connectivity index (χ4n) is 3.36. The standard InChI is InChI=1S/C19H19N3O2/c1-11-7-15(12(2)23)17-16(8-11)18(24)21-19(20-17)22-9-13-5-3-4-6-14(13)10-22/h3-8,12,23H,9-10H2,1-2H3,(H,20,21,24). The third-order valence-electron chi connectivity index (χ3n) is 4.56. The molecule has 0 bridgehead atoms. The van der Waals surface area contributed by atoms with Crippen LogP contribution in [0.3, 0.4) is 0 Å². The maximum absolute atomic E-state index is 12.6. The number of nitrogens with one attached hydrogen (secondary N) is 1. The van der Waals surface area contributed by atoms with Gasteiger partial charge in [0.15, 0.2) is 0 Å². The number of aliphatic hydroxyl groups excluding tert-OH is 1. The van der Waals surface area contributed by atoms with Crippen LogP contribution in [0.2, 0.25) is 0 Å². The Balaban J connectivity index is 1.85. The lowest BCUT2D eigenvalue weighted by atomic mass is 10.0. The Bertz CT molecular complexity index is 967. The number of aliphatic hydroxyl groups is 1. The first-order valence-electron chi connectivity index (χ1n) is 8.07. The molecule has 0 saturated carbocycles. The number of hydrogen-bond acceptors (Lipinski definition) is 4. The van der Waals surface area contributed by atoms with Crippen molar-refractivity contribution in [3.05, 3.63) is 69.0 Å². The monoisotopic (exact) mass is 321 g/mol. The van der Waals surface area contributed by atoms with E-state index in [9.17, 15) is 9.90 Å². The molecule has 2 N–H and O–H groups in total. The Kier molecular flexibility index (Phi) is 3.39. The maximum atomic E-state index is 12.6. The van der Waals surface area contributed by atoms with E-state index in [4.69, 9.17) is 0 Å². The average molecular weight is 321 g/mol. The first-order valence-corrected chi connectivity index (χ1v) is 8.07. The lowest BCUT2D eigenvalue weighted by molar-refractivity contribution is 0.200. The van der Waals surface area contributed by atoms with Crippen LogP contribution in [-0.2, 0) is 13.1 Å². The summed E-state index contributed by atoms with van der Waals surface area (Å²) in [5, 5.41) is 10.6. The van der Waals surface area contributed by atoms with Gasteiger partial charge in [0.25, 0.3) is 5.56 Å². The highest BCUT2D eigenvalue weighted by Gasteiger charge is 2.22. The molecule has 4 rings (SSSR count). The zero-order chi connectivity index (χ0) is 16.8. The molecule has 24 heavy (non-hydrogen) atoms. The van der Waals surface area contributed by atoms with Gasteiger partial charge in [-0.1, -0.05) is 30.3 Å². The average Bonchev–Trinajstić information content (AvgIpc) is 2.98. The van der Waals surface area contributed by atoms with Crippen molar-refractivity contribution in [1.29, 1.82) is 0 Å². The molecule has 122 valence electrons. The SMILES string of the molecule is Cc1cc(C(C)O)c2nc(N3Cc4ccccc4C3)[nH]c(=O)c2c1. The minimum Gasteiger partial charge on any atom is -0.389 e. The van der Waals surface area contributed by atoms with E-state index in [-0.39, 0.29) is 5.56 Å². The summed E-state index contributed by atoms with van der Waals surface area (Å²) in [4.78, 5) is 22.2. The molecule has 0 amide bonds. The second kappa shape index (κ2) is 5.46. The second-order valence-corrected chi connectivity index (χ2v) is 6.44. The van der Waals surface area contributed by atoms with Crippen LogP contribution in [0.4, 0.5) is 5.95 Å². The smallest absolute Gasteiger partial charge is 0.260 e. The summed E-state index contributed by atoms with van der Waals surface area (Å²) in [7, 11) is 0. The molecule has 3 aromatic rings. The molecule has 2 heterocycles. The number of H-pyrrole nitrogens is 1. The summed E-state index contributed by atoms with van der Waals surface area (Å²) in [5.74, 6) is 0.550. The van der Waals surface area contributed by atoms with E-state index in [2.05, 4.69) is 27.0 Å². The first-order chi connectivity index (χ1) is 11.5. The Morgan fingerprint density at radius 2 is 1.88 bits per heavy atom. The maximum Gasteiger partial charge on any atom is 0.260 e. The third-order valence-corrected chi connectivity index (χ3v) is 4.56. The minimum atomic E-state index is -0.676. The van der Waals surface area contributed by atoms with Gasteiger partial charge in [-0.05, 0) is 36.6 Å². The molecule has 0 aliphatic carbocycles. The Hall–Kier alpha value is -2.66. The molecular formula is C19H19N3O2. The minimum absolute atomic E-state index is 0.170. The van der Waals surface area contributed by atoms with Gasteiger partial charge in [-0.25, -0.2) is 4.98 Å². The normalized spacial score (nSPS) is 14.9. The number of aryl methyl sites for hydroxylation is 1. The summed E-state index contributed by atoms with van der Waals surface area (Å²) < 4.78 is 0. The van der Waals surface area contributed by atoms with Crippen LogP contribution < -0.4 is 10.5 Å². The zero-order valence-corrected chi connectivity index (χ0v) is 13.7. The van der Waals surface area contributed by atoms with Crippen molar-refractivity contribution in [2.45, 2.75) is 33.0 Å². The van der Waals surface area contributed by atoms with E-state index in [1.807, 2.05) is 31.2 Å². The van der Waals surface area contributed by atoms with Gasteiger partial charge in [0.1, 0.15) is 0 Å². The van der Waals surface area contributed by atoms with Crippen molar-refractivity contribution in [1.82, 2.24) is 9.97 Å². The number of fused-ring (bicyclic) bond motifs is 2. The lowest BCUT2D eigenvalue weighted by Crippen LogP contribution is -2.22. The number of rotatable bonds is 2. The lowest BCUT2D eigenvalue weighted by Gasteiger charge is -2.18. The van der Waals surface area contributed by atoms with Gasteiger partial charge < -0.3 is 10.0 Å². The quantitative estimate of drug-likeness (QED) is 0.761. The van der Waals surface area contributed by atoms with Crippen molar-refractivity contribution in [3.63, 3.8) is 0 Å². The molecule has 0 saturated heterocycles. The summed E-state index contributed by atoms with van der Waals surface area (Å²) in [5.41, 5.74) is 4.53. The van der Waals surface area contributed by atoms with E-state index in [0.717, 1.165) is 18.7 Å². The van der Waals surface area contributed by atoms with E-state index in [0.29, 0.717) is 22.4 Å². The van der Waals surface area contributed by atoms with Gasteiger partial charge in [0, 0.05) is 18.7 Å². The van der Waals surface area contributed by atoms with Gasteiger partial charge in [-0.3, -0.25) is 9.78 Å². The molecule has 0 spiro atoms. The molecular weight excluding hydrogens is 302 g/mol. The number of nitrogens with zero attached hydrogens (tertiary/aromatic N) is 2. The van der Waals surface area contributed by atoms with Crippen molar-refractivity contribution >= 4 is 16.9 Å². The number of anilines is 1. The molecule has 1 aromatic heterocycles. The summed E-state index contributed by atoms with van der Waals surface area (Å²) in [6.45, 7) is 5.05. The van der Waals surface area contributed by atoms with Crippen molar-refractivity contribution < 1.29 is 5.11 Å². The fraction of sp³-hybridized carbons (Fsp3) is 0.263. The van der Waals surface area contributed by atoms with Crippen LogP contribution in [0.25, 0.3) is 10.9 Å². The van der Waals surface area contributed by atoms with Crippen LogP contribution in [0.5, 0.6) is 0 Å². The Labute approximate surface area is 139 Å². The van der Waals surface area contributed by atoms with Gasteiger partial charge in [-0.2, -0.15) is 0 Å². The fourth-order valence-corrected chi connectivity index (χ4v) is 3.36. The molecule has 1 unspecified atom stereocenters. The molecule has 1 atom stereocenters. The van der Waals surface area contributed by atoms with Gasteiger partial charge in [-0.15, -0.1) is 0 Å². The summed E-state index contributed by atoms with van der Waals surface area (Å²) >= 11 is 0. The number of hydrogen-bond donors (Lipinski definition) is 2. The van der Waals surface area contributed by atoms with E-state index in [1.165, 1.54) is 11.1 Å². The Morgan fingerprint density at radius 1 is 1.21 bits per heavy atom. The summed E-state index contributed by atoms with van der Waals surface area (Å²) in [6.07, 6.45) is -0.676. The van der Waals surface area contributed by atoms with Crippen LogP contribution in [0.1, 0.15) is 35.3 Å². The summed E-state index contributed by atoms with van der Waals surface area (Å²) in [6, 6.07) is 11.9. The van der Waals surface area contributed by atoms with Gasteiger partial charge in [0.2, 0.25) is 5.95 Å². The molecule has 0 fully saturated rings. The predicted molar refractivity (Wildman–Crippen MR) is 94.1 cm³/mol. The van der Waals surface area contributed by atoms with Crippen molar-refractivity contribution in [2.24, 2.45) is 0 Å². The number of aromatic amines is 1. The second-order valence-electron chi connectivity index (χ2n) is 6.44. The van der Waals surface area contributed by atoms with Crippen LogP contribution in [0, 0.1) is 6.92 Å². The topological polar surface area (TPSA) is 69.2 Å². The predicted octanol–water partition coefficient (Wildman–Crippen LogP) is 2.81. The van der Waals surface area contributed by atoms with Crippen LogP contribution in [-0.4, -0.2) is 15.1 Å². The number of aromatic nitrogens is 2. The molecule has 5 heteroatoms. The zero-order valence-electron chi connectivity index (χ0n) is 13.7. The molecule has 1 aliphatic heterocycles. The highest BCUT2D eigenvalue weighted by Crippen LogP contribution is 2.28. The van der Waals surface area contributed by atoms with Crippen LogP contribution >= 0.6 is 0 Å². The van der Waals surface area contributed by atoms with Gasteiger partial charge in [0.05, 0.1) is 17.0 Å². The van der Waals surface area contributed by atoms with Crippen molar-refractivity contribution in [2.75, 3.05) is 4.90 Å². The molecule has 2 aromatic carbocycles. The first kappa shape index (κ1) is 14.9. The largest absolute Gasteiger partial charge is 0.389 e. The number of benzene rings is 2.